The van der Waals surface area contributed by atoms with E-state index in [0.29, 0.717) is 36.9 Å². The van der Waals surface area contributed by atoms with Crippen LogP contribution in [0.15, 0.2) is 42.9 Å². The predicted octanol–water partition coefficient (Wildman–Crippen LogP) is 2.53. The minimum Gasteiger partial charge on any atom is -0.352 e. The maximum atomic E-state index is 13.2. The van der Waals surface area contributed by atoms with E-state index in [0.717, 1.165) is 27.8 Å². The molecule has 3 aromatic heterocycles. The van der Waals surface area contributed by atoms with Crippen molar-refractivity contribution < 1.29 is 4.79 Å². The van der Waals surface area contributed by atoms with Crippen molar-refractivity contribution in [3.05, 3.63) is 53.6 Å². The first-order chi connectivity index (χ1) is 14.1. The van der Waals surface area contributed by atoms with Crippen molar-refractivity contribution in [2.24, 2.45) is 7.05 Å². The summed E-state index contributed by atoms with van der Waals surface area (Å²) in [5, 5.41) is 6.34. The molecule has 0 saturated carbocycles. The minimum atomic E-state index is -0.0284. The van der Waals surface area contributed by atoms with Gasteiger partial charge in [-0.15, -0.1) is 0 Å². The van der Waals surface area contributed by atoms with E-state index in [2.05, 4.69) is 25.0 Å². The van der Waals surface area contributed by atoms with Crippen LogP contribution >= 0.6 is 11.6 Å². The molecule has 8 nitrogen and oxygen atoms in total. The number of anilines is 1. The number of amides is 1. The Kier molecular flexibility index (Phi) is 4.28. The molecule has 0 spiro atoms. The van der Waals surface area contributed by atoms with Gasteiger partial charge in [-0.1, -0.05) is 29.8 Å². The lowest BCUT2D eigenvalue weighted by Gasteiger charge is -2.35. The third-order valence-electron chi connectivity index (χ3n) is 5.29. The van der Waals surface area contributed by atoms with Gasteiger partial charge in [0.1, 0.15) is 17.3 Å². The van der Waals surface area contributed by atoms with Crippen LogP contribution in [0.5, 0.6) is 0 Å². The largest absolute Gasteiger partial charge is 0.352 e. The van der Waals surface area contributed by atoms with Crippen LogP contribution in [0.2, 0.25) is 5.15 Å². The summed E-state index contributed by atoms with van der Waals surface area (Å²) in [5.74, 6) is 0.826. The molecule has 0 bridgehead atoms. The number of aromatic nitrogens is 5. The molecule has 1 saturated heterocycles. The van der Waals surface area contributed by atoms with E-state index in [1.165, 1.54) is 0 Å². The van der Waals surface area contributed by atoms with Crippen LogP contribution in [0.4, 0.5) is 5.82 Å². The average molecular weight is 408 g/mol. The molecule has 1 amide bonds. The smallest absolute Gasteiger partial charge is 0.254 e. The summed E-state index contributed by atoms with van der Waals surface area (Å²) >= 11 is 6.16. The molecule has 1 aliphatic heterocycles. The van der Waals surface area contributed by atoms with Gasteiger partial charge in [0.2, 0.25) is 0 Å². The number of halogens is 1. The molecule has 4 aromatic rings. The monoisotopic (exact) mass is 407 g/mol. The number of rotatable bonds is 2. The van der Waals surface area contributed by atoms with Crippen LogP contribution in [0.3, 0.4) is 0 Å². The standard InChI is InChI=1S/C20H18ClN7O/c1-26-18-15(11-24-26)19(23-12-22-18)27-6-8-28(9-7-27)20(29)14-10-17(21)25-16-5-3-2-4-13(14)16/h2-5,10-12H,6-9H2,1H3. The van der Waals surface area contributed by atoms with Gasteiger partial charge in [0.25, 0.3) is 5.91 Å². The predicted molar refractivity (Wildman–Crippen MR) is 111 cm³/mol. The number of piperazine rings is 1. The Morgan fingerprint density at radius 3 is 2.69 bits per heavy atom. The van der Waals surface area contributed by atoms with Crippen LogP contribution in [-0.4, -0.2) is 61.7 Å². The molecule has 0 N–H and O–H groups in total. The van der Waals surface area contributed by atoms with E-state index in [1.807, 2.05) is 36.2 Å². The quantitative estimate of drug-likeness (QED) is 0.475. The van der Waals surface area contributed by atoms with E-state index >= 15 is 0 Å². The number of hydrogen-bond donors (Lipinski definition) is 0. The number of carbonyl (C=O) groups is 1. The highest BCUT2D eigenvalue weighted by atomic mass is 35.5. The molecule has 5 rings (SSSR count). The normalized spacial score (nSPS) is 14.7. The number of para-hydroxylation sites is 1. The molecule has 1 aliphatic rings. The van der Waals surface area contributed by atoms with Gasteiger partial charge in [0.15, 0.2) is 5.65 Å². The molecule has 0 unspecified atom stereocenters. The summed E-state index contributed by atoms with van der Waals surface area (Å²) in [5.41, 5.74) is 2.11. The zero-order valence-corrected chi connectivity index (χ0v) is 16.5. The molecule has 0 aliphatic carbocycles. The van der Waals surface area contributed by atoms with E-state index in [-0.39, 0.29) is 5.91 Å². The Labute approximate surface area is 171 Å². The van der Waals surface area contributed by atoms with E-state index in [1.54, 1.807) is 23.3 Å². The highest BCUT2D eigenvalue weighted by Gasteiger charge is 2.26. The van der Waals surface area contributed by atoms with Crippen molar-refractivity contribution in [3.8, 4) is 0 Å². The highest BCUT2D eigenvalue weighted by molar-refractivity contribution is 6.30. The van der Waals surface area contributed by atoms with E-state index in [9.17, 15) is 4.79 Å². The van der Waals surface area contributed by atoms with Crippen LogP contribution < -0.4 is 4.90 Å². The van der Waals surface area contributed by atoms with Gasteiger partial charge in [-0.2, -0.15) is 5.10 Å². The van der Waals surface area contributed by atoms with Crippen LogP contribution in [0, 0.1) is 0 Å². The minimum absolute atomic E-state index is 0.0284. The van der Waals surface area contributed by atoms with Crippen LogP contribution in [0.1, 0.15) is 10.4 Å². The molecule has 9 heteroatoms. The fraction of sp³-hybridized carbons (Fsp3) is 0.250. The Bertz CT molecular complexity index is 1230. The molecule has 1 fully saturated rings. The molecule has 0 radical (unpaired) electrons. The zero-order chi connectivity index (χ0) is 20.0. The number of fused-ring (bicyclic) bond motifs is 2. The maximum absolute atomic E-state index is 13.2. The summed E-state index contributed by atoms with van der Waals surface area (Å²) in [6.07, 6.45) is 3.34. The van der Waals surface area contributed by atoms with Crippen molar-refractivity contribution in [2.75, 3.05) is 31.1 Å². The van der Waals surface area contributed by atoms with Gasteiger partial charge in [-0.05, 0) is 12.1 Å². The second-order valence-electron chi connectivity index (χ2n) is 6.99. The highest BCUT2D eigenvalue weighted by Crippen LogP contribution is 2.25. The number of carbonyl (C=O) groups excluding carboxylic acids is 1. The summed E-state index contributed by atoms with van der Waals surface area (Å²) < 4.78 is 1.73. The molecule has 146 valence electrons. The first kappa shape index (κ1) is 17.8. The van der Waals surface area contributed by atoms with Gasteiger partial charge >= 0.3 is 0 Å². The molecular weight excluding hydrogens is 390 g/mol. The Morgan fingerprint density at radius 1 is 1.07 bits per heavy atom. The molecule has 1 aromatic carbocycles. The maximum Gasteiger partial charge on any atom is 0.254 e. The Balaban J connectivity index is 1.39. The third kappa shape index (κ3) is 3.05. The first-order valence-corrected chi connectivity index (χ1v) is 9.72. The average Bonchev–Trinajstić information content (AvgIpc) is 3.14. The summed E-state index contributed by atoms with van der Waals surface area (Å²) in [6, 6.07) is 9.22. The Morgan fingerprint density at radius 2 is 1.86 bits per heavy atom. The molecule has 4 heterocycles. The SMILES string of the molecule is Cn1ncc2c(N3CCN(C(=O)c4cc(Cl)nc5ccccc45)CC3)ncnc21. The summed E-state index contributed by atoms with van der Waals surface area (Å²) in [4.78, 5) is 30.3. The number of aryl methyl sites for hydroxylation is 1. The summed E-state index contributed by atoms with van der Waals surface area (Å²) in [7, 11) is 1.86. The van der Waals surface area contributed by atoms with Crippen LogP contribution in [-0.2, 0) is 7.05 Å². The second kappa shape index (κ2) is 6.97. The zero-order valence-electron chi connectivity index (χ0n) is 15.8. The topological polar surface area (TPSA) is 80.0 Å². The van der Waals surface area contributed by atoms with Gasteiger partial charge in [0.05, 0.1) is 22.7 Å². The van der Waals surface area contributed by atoms with Crippen molar-refractivity contribution in [2.45, 2.75) is 0 Å². The number of benzene rings is 1. The number of hydrogen-bond acceptors (Lipinski definition) is 6. The fourth-order valence-corrected chi connectivity index (χ4v) is 4.01. The number of nitrogens with zero attached hydrogens (tertiary/aromatic N) is 7. The fourth-order valence-electron chi connectivity index (χ4n) is 3.81. The van der Waals surface area contributed by atoms with E-state index in [4.69, 9.17) is 11.6 Å². The number of pyridine rings is 1. The van der Waals surface area contributed by atoms with Gasteiger partial charge in [0, 0.05) is 38.6 Å². The Hall–Kier alpha value is -3.26. The van der Waals surface area contributed by atoms with Crippen molar-refractivity contribution >= 4 is 45.3 Å². The lowest BCUT2D eigenvalue weighted by Crippen LogP contribution is -2.49. The van der Waals surface area contributed by atoms with Crippen molar-refractivity contribution in [1.29, 1.82) is 0 Å². The molecule has 0 atom stereocenters. The lowest BCUT2D eigenvalue weighted by molar-refractivity contribution is 0.0748. The van der Waals surface area contributed by atoms with Crippen molar-refractivity contribution in [3.63, 3.8) is 0 Å². The molecular formula is C20H18ClN7O. The lowest BCUT2D eigenvalue weighted by atomic mass is 10.1. The third-order valence-corrected chi connectivity index (χ3v) is 5.48. The van der Waals surface area contributed by atoms with Gasteiger partial charge in [-0.25, -0.2) is 15.0 Å². The van der Waals surface area contributed by atoms with E-state index < -0.39 is 0 Å². The van der Waals surface area contributed by atoms with Crippen molar-refractivity contribution in [1.82, 2.24) is 29.6 Å². The summed E-state index contributed by atoms with van der Waals surface area (Å²) in [6.45, 7) is 2.56. The second-order valence-corrected chi connectivity index (χ2v) is 7.38. The van der Waals surface area contributed by atoms with Crippen LogP contribution in [0.25, 0.3) is 21.9 Å². The van der Waals surface area contributed by atoms with Gasteiger partial charge in [-0.3, -0.25) is 9.48 Å². The first-order valence-electron chi connectivity index (χ1n) is 9.34. The van der Waals surface area contributed by atoms with Gasteiger partial charge < -0.3 is 9.80 Å². The molecule has 29 heavy (non-hydrogen) atoms.